The average molecular weight is 308 g/mol. The molecule has 0 N–H and O–H groups in total. The second-order valence-corrected chi connectivity index (χ2v) is 4.71. The van der Waals surface area contributed by atoms with Gasteiger partial charge >= 0.3 is 5.97 Å². The van der Waals surface area contributed by atoms with Gasteiger partial charge in [0, 0.05) is 12.2 Å². The van der Waals surface area contributed by atoms with Crippen molar-refractivity contribution in [1.82, 2.24) is 0 Å². The van der Waals surface area contributed by atoms with Crippen molar-refractivity contribution >= 4 is 5.97 Å². The van der Waals surface area contributed by atoms with Gasteiger partial charge in [0.25, 0.3) is 0 Å². The Hall–Kier alpha value is -1.85. The van der Waals surface area contributed by atoms with Crippen LogP contribution in [0, 0.1) is 0 Å². The first-order chi connectivity index (χ1) is 10.6. The van der Waals surface area contributed by atoms with Crippen molar-refractivity contribution in [3.63, 3.8) is 0 Å². The maximum absolute atomic E-state index is 11.4. The van der Waals surface area contributed by atoms with E-state index in [9.17, 15) is 4.79 Å². The topological polar surface area (TPSA) is 54.0 Å². The lowest BCUT2D eigenvalue weighted by Gasteiger charge is -2.08. The molecule has 0 aliphatic rings. The maximum atomic E-state index is 11.4. The van der Waals surface area contributed by atoms with Crippen LogP contribution in [-0.4, -0.2) is 39.0 Å². The Bertz CT molecular complexity index is 453. The Labute approximate surface area is 131 Å². The van der Waals surface area contributed by atoms with E-state index in [4.69, 9.17) is 18.9 Å². The van der Waals surface area contributed by atoms with Crippen LogP contribution in [0.4, 0.5) is 0 Å². The largest absolute Gasteiger partial charge is 0.491 e. The highest BCUT2D eigenvalue weighted by atomic mass is 16.5. The van der Waals surface area contributed by atoms with E-state index < -0.39 is 5.97 Å². The Kier molecular flexibility index (Phi) is 8.95. The molecule has 0 saturated carbocycles. The number of esters is 1. The summed E-state index contributed by atoms with van der Waals surface area (Å²) in [6.45, 7) is 10.1. The van der Waals surface area contributed by atoms with Gasteiger partial charge < -0.3 is 18.9 Å². The van der Waals surface area contributed by atoms with Gasteiger partial charge in [0.1, 0.15) is 18.1 Å². The van der Waals surface area contributed by atoms with Gasteiger partial charge in [-0.3, -0.25) is 0 Å². The SMILES string of the molecule is C=C(C)C(=O)Oc1ccc(OCCOCCOCCC)cc1. The lowest BCUT2D eigenvalue weighted by molar-refractivity contribution is -0.130. The summed E-state index contributed by atoms with van der Waals surface area (Å²) in [5, 5.41) is 0. The van der Waals surface area contributed by atoms with Crippen molar-refractivity contribution in [2.45, 2.75) is 20.3 Å². The van der Waals surface area contributed by atoms with Gasteiger partial charge in [0.15, 0.2) is 0 Å². The first kappa shape index (κ1) is 18.2. The second-order valence-electron chi connectivity index (χ2n) is 4.71. The molecule has 0 bridgehead atoms. The number of ether oxygens (including phenoxy) is 4. The van der Waals surface area contributed by atoms with E-state index in [-0.39, 0.29) is 0 Å². The Morgan fingerprint density at radius 1 is 0.955 bits per heavy atom. The molecule has 5 heteroatoms. The molecule has 0 heterocycles. The third-order valence-electron chi connectivity index (χ3n) is 2.60. The molecule has 1 rings (SSSR count). The summed E-state index contributed by atoms with van der Waals surface area (Å²) >= 11 is 0. The van der Waals surface area contributed by atoms with E-state index in [2.05, 4.69) is 13.5 Å². The molecule has 0 amide bonds. The second kappa shape index (κ2) is 10.8. The van der Waals surface area contributed by atoms with Gasteiger partial charge in [-0.1, -0.05) is 13.5 Å². The molecule has 0 unspecified atom stereocenters. The number of benzene rings is 1. The molecule has 22 heavy (non-hydrogen) atoms. The predicted molar refractivity (Wildman–Crippen MR) is 84.3 cm³/mol. The lowest BCUT2D eigenvalue weighted by Crippen LogP contribution is -2.11. The quantitative estimate of drug-likeness (QED) is 0.272. The van der Waals surface area contributed by atoms with Crippen molar-refractivity contribution in [2.75, 3.05) is 33.0 Å². The van der Waals surface area contributed by atoms with Crippen molar-refractivity contribution in [2.24, 2.45) is 0 Å². The van der Waals surface area contributed by atoms with Crippen molar-refractivity contribution in [1.29, 1.82) is 0 Å². The third kappa shape index (κ3) is 7.81. The standard InChI is InChI=1S/C17H24O5/c1-4-9-19-10-11-20-12-13-21-15-5-7-16(8-6-15)22-17(18)14(2)3/h5-8H,2,4,9-13H2,1,3H3. The van der Waals surface area contributed by atoms with Crippen LogP contribution in [-0.2, 0) is 14.3 Å². The number of carbonyl (C=O) groups excluding carboxylic acids is 1. The van der Waals surface area contributed by atoms with Crippen molar-refractivity contribution in [3.05, 3.63) is 36.4 Å². The van der Waals surface area contributed by atoms with Crippen LogP contribution in [0.25, 0.3) is 0 Å². The minimum Gasteiger partial charge on any atom is -0.491 e. The van der Waals surface area contributed by atoms with Gasteiger partial charge in [0.2, 0.25) is 0 Å². The van der Waals surface area contributed by atoms with Crippen LogP contribution in [0.2, 0.25) is 0 Å². The maximum Gasteiger partial charge on any atom is 0.338 e. The molecule has 0 saturated heterocycles. The molecule has 0 spiro atoms. The third-order valence-corrected chi connectivity index (χ3v) is 2.60. The number of carbonyl (C=O) groups is 1. The molecule has 0 atom stereocenters. The molecule has 0 radical (unpaired) electrons. The van der Waals surface area contributed by atoms with Gasteiger partial charge in [-0.2, -0.15) is 0 Å². The van der Waals surface area contributed by atoms with E-state index >= 15 is 0 Å². The van der Waals surface area contributed by atoms with Gasteiger partial charge in [-0.25, -0.2) is 4.79 Å². The molecular formula is C17H24O5. The molecule has 1 aromatic rings. The van der Waals surface area contributed by atoms with Crippen LogP contribution in [0.3, 0.4) is 0 Å². The molecule has 122 valence electrons. The average Bonchev–Trinajstić information content (AvgIpc) is 2.51. The van der Waals surface area contributed by atoms with E-state index in [0.717, 1.165) is 13.0 Å². The molecule has 0 aromatic heterocycles. The summed E-state index contributed by atoms with van der Waals surface area (Å²) in [6, 6.07) is 6.84. The smallest absolute Gasteiger partial charge is 0.338 e. The first-order valence-corrected chi connectivity index (χ1v) is 7.39. The summed E-state index contributed by atoms with van der Waals surface area (Å²) in [4.78, 5) is 11.4. The van der Waals surface area contributed by atoms with Gasteiger partial charge in [-0.15, -0.1) is 0 Å². The zero-order chi connectivity index (χ0) is 16.2. The van der Waals surface area contributed by atoms with Gasteiger partial charge in [0.05, 0.1) is 19.8 Å². The molecule has 0 aliphatic heterocycles. The van der Waals surface area contributed by atoms with E-state index in [0.29, 0.717) is 43.5 Å². The van der Waals surface area contributed by atoms with Crippen LogP contribution >= 0.6 is 0 Å². The minimum atomic E-state index is -0.438. The molecule has 0 aliphatic carbocycles. The zero-order valence-electron chi connectivity index (χ0n) is 13.3. The van der Waals surface area contributed by atoms with E-state index in [1.54, 1.807) is 31.2 Å². The normalized spacial score (nSPS) is 10.3. The molecule has 1 aromatic carbocycles. The number of hydrogen-bond donors (Lipinski definition) is 0. The fraction of sp³-hybridized carbons (Fsp3) is 0.471. The minimum absolute atomic E-state index is 0.361. The number of rotatable bonds is 11. The summed E-state index contributed by atoms with van der Waals surface area (Å²) in [6.07, 6.45) is 1.01. The highest BCUT2D eigenvalue weighted by Crippen LogP contribution is 2.18. The predicted octanol–water partition coefficient (Wildman–Crippen LogP) is 2.99. The Balaban J connectivity index is 2.16. The Morgan fingerprint density at radius 3 is 2.09 bits per heavy atom. The molecular weight excluding hydrogens is 284 g/mol. The summed E-state index contributed by atoms with van der Waals surface area (Å²) in [5.41, 5.74) is 0.361. The van der Waals surface area contributed by atoms with Crippen molar-refractivity contribution < 1.29 is 23.7 Å². The van der Waals surface area contributed by atoms with Crippen LogP contribution < -0.4 is 9.47 Å². The lowest BCUT2D eigenvalue weighted by atomic mass is 10.3. The summed E-state index contributed by atoms with van der Waals surface area (Å²) < 4.78 is 21.3. The highest BCUT2D eigenvalue weighted by molar-refractivity contribution is 5.88. The fourth-order valence-electron chi connectivity index (χ4n) is 1.48. The van der Waals surface area contributed by atoms with Crippen LogP contribution in [0.5, 0.6) is 11.5 Å². The molecule has 5 nitrogen and oxygen atoms in total. The zero-order valence-corrected chi connectivity index (χ0v) is 13.3. The number of hydrogen-bond acceptors (Lipinski definition) is 5. The van der Waals surface area contributed by atoms with Crippen molar-refractivity contribution in [3.8, 4) is 11.5 Å². The monoisotopic (exact) mass is 308 g/mol. The first-order valence-electron chi connectivity index (χ1n) is 7.39. The van der Waals surface area contributed by atoms with E-state index in [1.807, 2.05) is 0 Å². The summed E-state index contributed by atoms with van der Waals surface area (Å²) in [7, 11) is 0. The van der Waals surface area contributed by atoms with Crippen LogP contribution in [0.15, 0.2) is 36.4 Å². The van der Waals surface area contributed by atoms with Gasteiger partial charge in [-0.05, 0) is 37.6 Å². The van der Waals surface area contributed by atoms with E-state index in [1.165, 1.54) is 0 Å². The summed E-state index contributed by atoms with van der Waals surface area (Å²) in [5.74, 6) is 0.720. The highest BCUT2D eigenvalue weighted by Gasteiger charge is 2.05. The van der Waals surface area contributed by atoms with Crippen LogP contribution in [0.1, 0.15) is 20.3 Å². The molecule has 0 fully saturated rings. The fourth-order valence-corrected chi connectivity index (χ4v) is 1.48. The Morgan fingerprint density at radius 2 is 1.50 bits per heavy atom.